The summed E-state index contributed by atoms with van der Waals surface area (Å²) in [6.45, 7) is 0.526. The Morgan fingerprint density at radius 1 is 1.00 bits per heavy atom. The average molecular weight is 337 g/mol. The molecule has 4 nitrogen and oxygen atoms in total. The Hall–Kier alpha value is -2.62. The van der Waals surface area contributed by atoms with E-state index in [-0.39, 0.29) is 17.7 Å². The molecule has 2 aromatic carbocycles. The second-order valence-corrected chi connectivity index (χ2v) is 6.76. The molecular weight excluding hydrogens is 314 g/mol. The molecule has 1 amide bonds. The van der Waals surface area contributed by atoms with E-state index in [0.29, 0.717) is 25.8 Å². The van der Waals surface area contributed by atoms with Crippen LogP contribution in [-0.2, 0) is 16.1 Å². The Morgan fingerprint density at radius 3 is 2.32 bits per heavy atom. The Labute approximate surface area is 148 Å². The van der Waals surface area contributed by atoms with Crippen molar-refractivity contribution in [3.8, 4) is 11.1 Å². The molecule has 0 radical (unpaired) electrons. The van der Waals surface area contributed by atoms with Gasteiger partial charge < -0.3 is 10.0 Å². The largest absolute Gasteiger partial charge is 0.481 e. The number of benzene rings is 2. The minimum atomic E-state index is -0.785. The second kappa shape index (κ2) is 7.51. The van der Waals surface area contributed by atoms with Crippen molar-refractivity contribution >= 4 is 11.9 Å². The summed E-state index contributed by atoms with van der Waals surface area (Å²) in [5.74, 6) is -1.28. The number of carbonyl (C=O) groups is 2. The first kappa shape index (κ1) is 17.2. The van der Waals surface area contributed by atoms with E-state index in [1.165, 1.54) is 0 Å². The highest BCUT2D eigenvalue weighted by molar-refractivity contribution is 5.81. The van der Waals surface area contributed by atoms with Crippen LogP contribution in [-0.4, -0.2) is 28.9 Å². The van der Waals surface area contributed by atoms with Crippen molar-refractivity contribution in [2.75, 3.05) is 7.05 Å². The van der Waals surface area contributed by atoms with Crippen LogP contribution in [0.2, 0.25) is 0 Å². The zero-order valence-electron chi connectivity index (χ0n) is 14.4. The lowest BCUT2D eigenvalue weighted by atomic mass is 9.98. The lowest BCUT2D eigenvalue weighted by Gasteiger charge is -2.22. The summed E-state index contributed by atoms with van der Waals surface area (Å²) in [5, 5.41) is 9.12. The van der Waals surface area contributed by atoms with Crippen LogP contribution < -0.4 is 0 Å². The molecule has 1 fully saturated rings. The maximum absolute atomic E-state index is 12.7. The highest BCUT2D eigenvalue weighted by Crippen LogP contribution is 2.33. The molecule has 1 N–H and O–H groups in total. The summed E-state index contributed by atoms with van der Waals surface area (Å²) >= 11 is 0. The molecule has 1 aliphatic rings. The number of aliphatic carboxylic acids is 1. The van der Waals surface area contributed by atoms with Gasteiger partial charge in [-0.1, -0.05) is 54.6 Å². The Bertz CT molecular complexity index is 757. The molecular formula is C21H23NO3. The zero-order valence-corrected chi connectivity index (χ0v) is 14.4. The molecule has 0 aliphatic heterocycles. The fourth-order valence-electron chi connectivity index (χ4n) is 3.63. The van der Waals surface area contributed by atoms with Gasteiger partial charge in [-0.25, -0.2) is 0 Å². The molecule has 4 heteroatoms. The average Bonchev–Trinajstić information content (AvgIpc) is 3.12. The lowest BCUT2D eigenvalue weighted by Crippen LogP contribution is -2.32. The van der Waals surface area contributed by atoms with Gasteiger partial charge in [-0.2, -0.15) is 0 Å². The van der Waals surface area contributed by atoms with Crippen LogP contribution in [0.3, 0.4) is 0 Å². The first-order valence-corrected chi connectivity index (χ1v) is 8.67. The maximum atomic E-state index is 12.7. The normalized spacial score (nSPS) is 19.6. The van der Waals surface area contributed by atoms with Crippen molar-refractivity contribution in [3.05, 3.63) is 60.2 Å². The molecule has 0 heterocycles. The predicted molar refractivity (Wildman–Crippen MR) is 96.8 cm³/mol. The van der Waals surface area contributed by atoms with Crippen molar-refractivity contribution < 1.29 is 14.7 Å². The van der Waals surface area contributed by atoms with Gasteiger partial charge in [-0.15, -0.1) is 0 Å². The summed E-state index contributed by atoms with van der Waals surface area (Å²) in [7, 11) is 1.80. The van der Waals surface area contributed by atoms with E-state index in [4.69, 9.17) is 5.11 Å². The topological polar surface area (TPSA) is 57.6 Å². The van der Waals surface area contributed by atoms with Gasteiger partial charge in [0.05, 0.1) is 5.92 Å². The second-order valence-electron chi connectivity index (χ2n) is 6.76. The standard InChI is InChI=1S/C21H23NO3/c1-22(20(23)16-11-12-17(13-16)21(24)25)14-18-9-5-6-10-19(18)15-7-3-2-4-8-15/h2-10,16-17H,11-14H2,1H3,(H,24,25)/t16-,17+/m1/s1. The Morgan fingerprint density at radius 2 is 1.64 bits per heavy atom. The first-order chi connectivity index (χ1) is 12.1. The summed E-state index contributed by atoms with van der Waals surface area (Å²) in [4.78, 5) is 25.5. The van der Waals surface area contributed by atoms with Gasteiger partial charge in [-0.3, -0.25) is 9.59 Å². The molecule has 130 valence electrons. The molecule has 0 saturated heterocycles. The van der Waals surface area contributed by atoms with Crippen LogP contribution in [0, 0.1) is 11.8 Å². The molecule has 3 rings (SSSR count). The van der Waals surface area contributed by atoms with E-state index in [9.17, 15) is 9.59 Å². The molecule has 25 heavy (non-hydrogen) atoms. The third-order valence-corrected chi connectivity index (χ3v) is 5.02. The number of carboxylic acid groups (broad SMARTS) is 1. The highest BCUT2D eigenvalue weighted by Gasteiger charge is 2.35. The van der Waals surface area contributed by atoms with Crippen molar-refractivity contribution in [2.24, 2.45) is 11.8 Å². The molecule has 2 atom stereocenters. The molecule has 0 spiro atoms. The van der Waals surface area contributed by atoms with E-state index in [2.05, 4.69) is 18.2 Å². The fraction of sp³-hybridized carbons (Fsp3) is 0.333. The van der Waals surface area contributed by atoms with Gasteiger partial charge in [-0.05, 0) is 36.0 Å². The summed E-state index contributed by atoms with van der Waals surface area (Å²) in [5.41, 5.74) is 3.35. The van der Waals surface area contributed by atoms with Crippen LogP contribution in [0.25, 0.3) is 11.1 Å². The van der Waals surface area contributed by atoms with E-state index in [1.807, 2.05) is 36.4 Å². The van der Waals surface area contributed by atoms with Gasteiger partial charge in [0.2, 0.25) is 5.91 Å². The maximum Gasteiger partial charge on any atom is 0.306 e. The SMILES string of the molecule is CN(Cc1ccccc1-c1ccccc1)C(=O)[C@@H]1CC[C@H](C(=O)O)C1. The quantitative estimate of drug-likeness (QED) is 0.902. The molecule has 0 unspecified atom stereocenters. The van der Waals surface area contributed by atoms with Gasteiger partial charge in [0.15, 0.2) is 0 Å². The highest BCUT2D eigenvalue weighted by atomic mass is 16.4. The monoisotopic (exact) mass is 337 g/mol. The smallest absolute Gasteiger partial charge is 0.306 e. The minimum absolute atomic E-state index is 0.0478. The van der Waals surface area contributed by atoms with Crippen LogP contribution in [0.5, 0.6) is 0 Å². The Balaban J connectivity index is 1.73. The van der Waals surface area contributed by atoms with Crippen molar-refractivity contribution in [2.45, 2.75) is 25.8 Å². The van der Waals surface area contributed by atoms with Crippen molar-refractivity contribution in [3.63, 3.8) is 0 Å². The van der Waals surface area contributed by atoms with Crippen LogP contribution in [0.1, 0.15) is 24.8 Å². The minimum Gasteiger partial charge on any atom is -0.481 e. The van der Waals surface area contributed by atoms with Gasteiger partial charge >= 0.3 is 5.97 Å². The van der Waals surface area contributed by atoms with Gasteiger partial charge in [0, 0.05) is 19.5 Å². The number of rotatable bonds is 5. The van der Waals surface area contributed by atoms with Crippen molar-refractivity contribution in [1.82, 2.24) is 4.90 Å². The van der Waals surface area contributed by atoms with Gasteiger partial charge in [0.25, 0.3) is 0 Å². The molecule has 2 aromatic rings. The number of carboxylic acids is 1. The van der Waals surface area contributed by atoms with E-state index >= 15 is 0 Å². The number of hydrogen-bond donors (Lipinski definition) is 1. The van der Waals surface area contributed by atoms with Crippen LogP contribution >= 0.6 is 0 Å². The molecule has 0 aromatic heterocycles. The van der Waals surface area contributed by atoms with Crippen LogP contribution in [0.15, 0.2) is 54.6 Å². The number of hydrogen-bond acceptors (Lipinski definition) is 2. The summed E-state index contributed by atoms with van der Waals surface area (Å²) in [6, 6.07) is 18.2. The molecule has 1 saturated carbocycles. The van der Waals surface area contributed by atoms with Gasteiger partial charge in [0.1, 0.15) is 0 Å². The van der Waals surface area contributed by atoms with E-state index in [1.54, 1.807) is 11.9 Å². The fourth-order valence-corrected chi connectivity index (χ4v) is 3.63. The molecule has 0 bridgehead atoms. The number of amides is 1. The lowest BCUT2D eigenvalue weighted by molar-refractivity contribution is -0.141. The third kappa shape index (κ3) is 3.90. The number of carbonyl (C=O) groups excluding carboxylic acids is 1. The molecule has 1 aliphatic carbocycles. The van der Waals surface area contributed by atoms with Crippen LogP contribution in [0.4, 0.5) is 0 Å². The predicted octanol–water partition coefficient (Wildman–Crippen LogP) is 3.81. The Kier molecular flexibility index (Phi) is 5.17. The first-order valence-electron chi connectivity index (χ1n) is 8.67. The third-order valence-electron chi connectivity index (χ3n) is 5.02. The van der Waals surface area contributed by atoms with E-state index in [0.717, 1.165) is 16.7 Å². The van der Waals surface area contributed by atoms with E-state index < -0.39 is 5.97 Å². The number of nitrogens with zero attached hydrogens (tertiary/aromatic N) is 1. The summed E-state index contributed by atoms with van der Waals surface area (Å²) < 4.78 is 0. The zero-order chi connectivity index (χ0) is 17.8. The summed E-state index contributed by atoms with van der Waals surface area (Å²) in [6.07, 6.45) is 1.72. The van der Waals surface area contributed by atoms with Crippen molar-refractivity contribution in [1.29, 1.82) is 0 Å².